The number of hydrogen-bond donors (Lipinski definition) is 0. The molecule has 1 fully saturated rings. The van der Waals surface area contributed by atoms with Crippen molar-refractivity contribution in [1.29, 1.82) is 0 Å². The maximum absolute atomic E-state index is 2.68. The van der Waals surface area contributed by atoms with E-state index in [1.54, 1.807) is 9.45 Å². The second-order valence-electron chi connectivity index (χ2n) is 5.87. The minimum atomic E-state index is 0.262. The molecule has 0 bridgehead atoms. The summed E-state index contributed by atoms with van der Waals surface area (Å²) in [6.45, 7) is 14.4. The monoisotopic (exact) mass is 266 g/mol. The van der Waals surface area contributed by atoms with Crippen LogP contribution in [-0.2, 0) is 20.4 Å². The van der Waals surface area contributed by atoms with Crippen LogP contribution in [0.2, 0.25) is 0 Å². The minimum absolute atomic E-state index is 0.262. The van der Waals surface area contributed by atoms with Crippen LogP contribution in [0, 0.1) is 5.41 Å². The summed E-state index contributed by atoms with van der Waals surface area (Å²) in [5, 5.41) is 0. The van der Waals surface area contributed by atoms with E-state index >= 15 is 0 Å². The summed E-state index contributed by atoms with van der Waals surface area (Å²) in [5.74, 6) is 0. The van der Waals surface area contributed by atoms with Gasteiger partial charge < -0.3 is 0 Å². The molecule has 1 saturated heterocycles. The van der Waals surface area contributed by atoms with Crippen LogP contribution < -0.4 is 0 Å². The van der Waals surface area contributed by atoms with Crippen molar-refractivity contribution in [3.05, 3.63) is 20.6 Å². The second-order valence-corrected chi connectivity index (χ2v) is 6.65. The molecule has 0 N–H and O–H groups in total. The van der Waals surface area contributed by atoms with E-state index in [2.05, 4.69) is 60.0 Å². The van der Waals surface area contributed by atoms with Gasteiger partial charge in [-0.1, -0.05) is 0 Å². The van der Waals surface area contributed by atoms with E-state index in [0.29, 0.717) is 6.04 Å². The molecule has 2 heteroatoms. The molecule has 1 aliphatic heterocycles. The van der Waals surface area contributed by atoms with Crippen LogP contribution in [0.1, 0.15) is 47.5 Å². The van der Waals surface area contributed by atoms with Crippen molar-refractivity contribution in [2.24, 2.45) is 5.41 Å². The topological polar surface area (TPSA) is 3.24 Å². The fourth-order valence-corrected chi connectivity index (χ4v) is 4.36. The van der Waals surface area contributed by atoms with E-state index in [1.165, 1.54) is 37.1 Å². The zero-order chi connectivity index (χ0) is 12.8. The summed E-state index contributed by atoms with van der Waals surface area (Å²) in [4.78, 5) is 2.68. The van der Waals surface area contributed by atoms with Crippen LogP contribution in [0.4, 0.5) is 0 Å². The molecule has 0 radical (unpaired) electrons. The van der Waals surface area contributed by atoms with Crippen molar-refractivity contribution >= 4 is 0 Å². The first-order valence-electron chi connectivity index (χ1n) is 6.76. The quantitative estimate of drug-likeness (QED) is 0.690. The first kappa shape index (κ1) is 13.6. The Balaban J connectivity index is 2.36. The average Bonchev–Trinajstić information content (AvgIpc) is 2.90. The van der Waals surface area contributed by atoms with Crippen molar-refractivity contribution in [2.45, 2.75) is 53.5 Å². The van der Waals surface area contributed by atoms with Gasteiger partial charge in [-0.05, 0) is 0 Å². The molecule has 0 aromatic rings. The third-order valence-corrected chi connectivity index (χ3v) is 6.72. The number of allylic oxidation sites excluding steroid dienone is 2. The Morgan fingerprint density at radius 2 is 1.65 bits per heavy atom. The van der Waals surface area contributed by atoms with Crippen molar-refractivity contribution in [2.75, 3.05) is 13.1 Å². The SMILES string of the molecule is CC1=C(C)C(C)(C(C)N2CCCC2)[C]([Ti])=C1C. The van der Waals surface area contributed by atoms with Gasteiger partial charge in [0, 0.05) is 0 Å². The normalized spacial score (nSPS) is 32.7. The zero-order valence-corrected chi connectivity index (χ0v) is 13.4. The fourth-order valence-electron chi connectivity index (χ4n) is 3.45. The summed E-state index contributed by atoms with van der Waals surface area (Å²) in [7, 11) is 0. The van der Waals surface area contributed by atoms with Gasteiger partial charge in [0.25, 0.3) is 0 Å². The van der Waals surface area contributed by atoms with Gasteiger partial charge in [-0.25, -0.2) is 0 Å². The molecule has 0 amide bonds. The standard InChI is InChI=1S/C15H24N.Ti/c1-11-10-15(5,13(3)12(11)2)14(4)16-8-6-7-9-16;/h14H,6-9H2,1-5H3;. The Hall–Kier alpha value is 0.154. The Bertz CT molecular complexity index is 362. The number of hydrogen-bond acceptors (Lipinski definition) is 1. The summed E-state index contributed by atoms with van der Waals surface area (Å²) in [6.07, 6.45) is 2.76. The molecule has 17 heavy (non-hydrogen) atoms. The number of rotatable bonds is 2. The third kappa shape index (κ3) is 1.91. The molecule has 2 rings (SSSR count). The zero-order valence-electron chi connectivity index (χ0n) is 11.9. The molecule has 0 aromatic carbocycles. The Morgan fingerprint density at radius 1 is 1.12 bits per heavy atom. The van der Waals surface area contributed by atoms with Gasteiger partial charge in [0.2, 0.25) is 0 Å². The first-order valence-corrected chi connectivity index (χ1v) is 7.54. The average molecular weight is 266 g/mol. The van der Waals surface area contributed by atoms with Gasteiger partial charge in [0.05, 0.1) is 0 Å². The van der Waals surface area contributed by atoms with Crippen molar-refractivity contribution in [3.8, 4) is 0 Å². The van der Waals surface area contributed by atoms with Crippen LogP contribution >= 0.6 is 0 Å². The van der Waals surface area contributed by atoms with Crippen molar-refractivity contribution in [1.82, 2.24) is 4.90 Å². The van der Waals surface area contributed by atoms with Crippen LogP contribution in [0.25, 0.3) is 0 Å². The Kier molecular flexibility index (Phi) is 3.74. The molecule has 0 saturated carbocycles. The maximum atomic E-state index is 2.68. The molecule has 1 heterocycles. The predicted octanol–water partition coefficient (Wildman–Crippen LogP) is 3.65. The van der Waals surface area contributed by atoms with E-state index in [0.717, 1.165) is 0 Å². The molecular weight excluding hydrogens is 242 g/mol. The van der Waals surface area contributed by atoms with Gasteiger partial charge in [0.15, 0.2) is 0 Å². The van der Waals surface area contributed by atoms with Crippen molar-refractivity contribution in [3.63, 3.8) is 0 Å². The van der Waals surface area contributed by atoms with Gasteiger partial charge in [-0.2, -0.15) is 0 Å². The van der Waals surface area contributed by atoms with Crippen molar-refractivity contribution < 1.29 is 20.4 Å². The molecule has 0 aromatic heterocycles. The van der Waals surface area contributed by atoms with E-state index < -0.39 is 0 Å². The third-order valence-electron chi connectivity index (χ3n) is 5.32. The second kappa shape index (κ2) is 4.68. The molecule has 2 aliphatic rings. The van der Waals surface area contributed by atoms with E-state index in [4.69, 9.17) is 0 Å². The summed E-state index contributed by atoms with van der Waals surface area (Å²) in [5.41, 5.74) is 4.90. The van der Waals surface area contributed by atoms with Crippen LogP contribution in [0.3, 0.4) is 0 Å². The van der Waals surface area contributed by atoms with Gasteiger partial charge in [-0.3, -0.25) is 0 Å². The molecule has 1 aliphatic carbocycles. The van der Waals surface area contributed by atoms with Gasteiger partial charge >= 0.3 is 118 Å². The first-order chi connectivity index (χ1) is 7.90. The summed E-state index contributed by atoms with van der Waals surface area (Å²) >= 11 is 2.34. The van der Waals surface area contributed by atoms with E-state index in [1.807, 2.05) is 0 Å². The molecular formula is C15H24NTi. The van der Waals surface area contributed by atoms with Gasteiger partial charge in [0.1, 0.15) is 0 Å². The van der Waals surface area contributed by atoms with Crippen LogP contribution in [0.5, 0.6) is 0 Å². The van der Waals surface area contributed by atoms with Crippen LogP contribution in [0.15, 0.2) is 20.6 Å². The molecule has 2 atom stereocenters. The summed E-state index contributed by atoms with van der Waals surface area (Å²) < 4.78 is 1.59. The molecule has 2 unspecified atom stereocenters. The number of likely N-dealkylation sites (tertiary alicyclic amines) is 1. The molecule has 93 valence electrons. The Morgan fingerprint density at radius 3 is 2.06 bits per heavy atom. The summed E-state index contributed by atoms with van der Waals surface area (Å²) in [6, 6.07) is 0.636. The Labute approximate surface area is 118 Å². The van der Waals surface area contributed by atoms with E-state index in [9.17, 15) is 0 Å². The fraction of sp³-hybridized carbons (Fsp3) is 0.733. The van der Waals surface area contributed by atoms with Gasteiger partial charge in [-0.15, -0.1) is 0 Å². The number of nitrogens with zero attached hydrogens (tertiary/aromatic N) is 1. The molecule has 0 spiro atoms. The van der Waals surface area contributed by atoms with Crippen LogP contribution in [-0.4, -0.2) is 24.0 Å². The molecule has 1 nitrogen and oxygen atoms in total. The van der Waals surface area contributed by atoms with E-state index in [-0.39, 0.29) is 5.41 Å². The predicted molar refractivity (Wildman–Crippen MR) is 69.5 cm³/mol.